The third-order valence-electron chi connectivity index (χ3n) is 0.638. The Morgan fingerprint density at radius 2 is 2.38 bits per heavy atom. The lowest BCUT2D eigenvalue weighted by molar-refractivity contribution is -0.138. The summed E-state index contributed by atoms with van der Waals surface area (Å²) in [4.78, 5) is 9.89. The first-order valence-electron chi connectivity index (χ1n) is 1.96. The first kappa shape index (κ1) is 7.82. The molecule has 0 saturated heterocycles. The minimum atomic E-state index is -1.11. The number of aliphatic hydroxyl groups is 1. The third-order valence-corrected chi connectivity index (χ3v) is 0.998. The molecule has 48 valence electrons. The molecule has 0 bridgehead atoms. The van der Waals surface area contributed by atoms with Gasteiger partial charge in [0.2, 0.25) is 0 Å². The van der Waals surface area contributed by atoms with Crippen LogP contribution >= 0.6 is 9.39 Å². The molecule has 2 unspecified atom stereocenters. The number of carbonyl (C=O) groups is 1. The minimum Gasteiger partial charge on any atom is -0.628 e. The lowest BCUT2D eigenvalue weighted by atomic mass is 10.3. The van der Waals surface area contributed by atoms with Crippen LogP contribution in [0.4, 0.5) is 0 Å². The molecule has 4 nitrogen and oxygen atoms in total. The summed E-state index contributed by atoms with van der Waals surface area (Å²) in [6, 6.07) is -0.986. The number of hydrogen-bond acceptors (Lipinski definition) is 2. The maximum Gasteiger partial charge on any atom is 0.288 e. The van der Waals surface area contributed by atoms with Gasteiger partial charge in [0.15, 0.2) is 0 Å². The molecule has 0 saturated carbocycles. The van der Waals surface area contributed by atoms with E-state index in [1.807, 2.05) is 9.39 Å². The van der Waals surface area contributed by atoms with Crippen LogP contribution in [0.25, 0.3) is 5.09 Å². The summed E-state index contributed by atoms with van der Waals surface area (Å²) in [5.74, 6) is -1.11. The Bertz CT molecular complexity index is 82.6. The third kappa shape index (κ3) is 2.21. The molecule has 0 aliphatic rings. The summed E-state index contributed by atoms with van der Waals surface area (Å²) in [5, 5.41) is 19.6. The zero-order valence-electron chi connectivity index (χ0n) is 4.11. The van der Waals surface area contributed by atoms with Crippen molar-refractivity contribution >= 4 is 15.4 Å². The standard InChI is InChI=1S/C3H7NO3P/c5-1-2(4-8)3(6)7/h2,5H,1,8H2,(H,6,7)/q-1. The molecule has 0 heterocycles. The zero-order chi connectivity index (χ0) is 6.57. The van der Waals surface area contributed by atoms with Crippen molar-refractivity contribution in [3.05, 3.63) is 5.09 Å². The molecule has 8 heavy (non-hydrogen) atoms. The zero-order valence-corrected chi connectivity index (χ0v) is 5.27. The van der Waals surface area contributed by atoms with Gasteiger partial charge in [0.25, 0.3) is 5.97 Å². The second kappa shape index (κ2) is 3.78. The summed E-state index contributed by atoms with van der Waals surface area (Å²) >= 11 is 0. The van der Waals surface area contributed by atoms with Crippen LogP contribution in [0.5, 0.6) is 0 Å². The Morgan fingerprint density at radius 3 is 2.38 bits per heavy atom. The predicted molar refractivity (Wildman–Crippen MR) is 31.6 cm³/mol. The highest BCUT2D eigenvalue weighted by Gasteiger charge is 2.01. The highest BCUT2D eigenvalue weighted by atomic mass is 31.0. The molecule has 0 fully saturated rings. The normalized spacial score (nSPS) is 13.2. The van der Waals surface area contributed by atoms with E-state index in [2.05, 4.69) is 5.09 Å². The molecular formula is C3H7NO3P-. The monoisotopic (exact) mass is 136 g/mol. The maximum atomic E-state index is 9.89. The van der Waals surface area contributed by atoms with Crippen molar-refractivity contribution in [2.45, 2.75) is 6.04 Å². The van der Waals surface area contributed by atoms with Gasteiger partial charge in [0.1, 0.15) is 0 Å². The van der Waals surface area contributed by atoms with Crippen molar-refractivity contribution in [3.63, 3.8) is 0 Å². The van der Waals surface area contributed by atoms with Gasteiger partial charge in [-0.15, -0.1) is 0 Å². The van der Waals surface area contributed by atoms with Crippen LogP contribution in [-0.4, -0.2) is 28.8 Å². The number of aliphatic carboxylic acids is 1. The van der Waals surface area contributed by atoms with Gasteiger partial charge in [0.05, 0.1) is 0 Å². The molecule has 0 amide bonds. The summed E-state index contributed by atoms with van der Waals surface area (Å²) in [6.07, 6.45) is 0. The molecule has 0 spiro atoms. The van der Waals surface area contributed by atoms with Gasteiger partial charge in [-0.25, -0.2) is 0 Å². The number of carboxylic acids is 1. The largest absolute Gasteiger partial charge is 0.628 e. The van der Waals surface area contributed by atoms with Gasteiger partial charge in [-0.05, 0) is 6.04 Å². The molecule has 2 N–H and O–H groups in total. The van der Waals surface area contributed by atoms with Crippen molar-refractivity contribution in [1.29, 1.82) is 0 Å². The predicted octanol–water partition coefficient (Wildman–Crippen LogP) is -0.404. The number of nitrogens with zero attached hydrogens (tertiary/aromatic N) is 1. The fraction of sp³-hybridized carbons (Fsp3) is 0.667. The second-order valence-corrected chi connectivity index (χ2v) is 1.48. The summed E-state index contributed by atoms with van der Waals surface area (Å²) in [7, 11) is 1.89. The summed E-state index contributed by atoms with van der Waals surface area (Å²) in [6.45, 7) is -0.446. The molecule has 2 atom stereocenters. The lowest BCUT2D eigenvalue weighted by Gasteiger charge is -2.18. The molecule has 0 rings (SSSR count). The smallest absolute Gasteiger partial charge is 0.288 e. The molecule has 0 aromatic rings. The fourth-order valence-electron chi connectivity index (χ4n) is 0.189. The van der Waals surface area contributed by atoms with E-state index in [-0.39, 0.29) is 0 Å². The van der Waals surface area contributed by atoms with Gasteiger partial charge < -0.3 is 15.3 Å². The Labute approximate surface area is 49.2 Å². The Balaban J connectivity index is 3.52. The first-order chi connectivity index (χ1) is 3.72. The Kier molecular flexibility index (Phi) is 3.69. The molecule has 0 aliphatic carbocycles. The summed E-state index contributed by atoms with van der Waals surface area (Å²) in [5.41, 5.74) is 0. The van der Waals surface area contributed by atoms with Gasteiger partial charge in [0, 0.05) is 6.61 Å². The van der Waals surface area contributed by atoms with Crippen LogP contribution in [0, 0.1) is 0 Å². The van der Waals surface area contributed by atoms with Crippen LogP contribution in [0.2, 0.25) is 0 Å². The van der Waals surface area contributed by atoms with E-state index >= 15 is 0 Å². The highest BCUT2D eigenvalue weighted by molar-refractivity contribution is 7.20. The Morgan fingerprint density at radius 1 is 1.88 bits per heavy atom. The van der Waals surface area contributed by atoms with Crippen LogP contribution in [-0.2, 0) is 4.79 Å². The van der Waals surface area contributed by atoms with Crippen LogP contribution in [0.15, 0.2) is 0 Å². The number of rotatable bonds is 3. The first-order valence-corrected chi connectivity index (χ1v) is 2.47. The van der Waals surface area contributed by atoms with E-state index in [9.17, 15) is 4.79 Å². The molecule has 0 radical (unpaired) electrons. The van der Waals surface area contributed by atoms with E-state index in [1.54, 1.807) is 0 Å². The van der Waals surface area contributed by atoms with Gasteiger partial charge in [-0.1, -0.05) is 0 Å². The average Bonchev–Trinajstić information content (AvgIpc) is 1.69. The van der Waals surface area contributed by atoms with E-state index in [0.717, 1.165) is 0 Å². The van der Waals surface area contributed by atoms with Crippen molar-refractivity contribution < 1.29 is 15.0 Å². The summed E-state index contributed by atoms with van der Waals surface area (Å²) < 4.78 is 0. The lowest BCUT2D eigenvalue weighted by Crippen LogP contribution is -2.20. The van der Waals surface area contributed by atoms with Gasteiger partial charge in [-0.2, -0.15) is 0 Å². The van der Waals surface area contributed by atoms with Crippen molar-refractivity contribution in [1.82, 2.24) is 0 Å². The van der Waals surface area contributed by atoms with Crippen LogP contribution < -0.4 is 0 Å². The highest BCUT2D eigenvalue weighted by Crippen LogP contribution is 2.05. The van der Waals surface area contributed by atoms with Gasteiger partial charge >= 0.3 is 0 Å². The van der Waals surface area contributed by atoms with E-state index in [0.29, 0.717) is 0 Å². The second-order valence-electron chi connectivity index (χ2n) is 1.19. The number of aliphatic hydroxyl groups excluding tert-OH is 1. The van der Waals surface area contributed by atoms with E-state index in [1.165, 1.54) is 0 Å². The van der Waals surface area contributed by atoms with Gasteiger partial charge in [-0.3, -0.25) is 14.2 Å². The molecule has 5 heteroatoms. The maximum absolute atomic E-state index is 9.89. The fourth-order valence-corrected chi connectivity index (χ4v) is 0.411. The minimum absolute atomic E-state index is 0.446. The van der Waals surface area contributed by atoms with E-state index in [4.69, 9.17) is 10.2 Å². The molecule has 0 aliphatic heterocycles. The molecule has 0 aromatic carbocycles. The quantitative estimate of drug-likeness (QED) is 0.518. The van der Waals surface area contributed by atoms with Crippen LogP contribution in [0.3, 0.4) is 0 Å². The molecule has 0 aromatic heterocycles. The van der Waals surface area contributed by atoms with E-state index < -0.39 is 18.6 Å². The van der Waals surface area contributed by atoms with Crippen molar-refractivity contribution in [2.75, 3.05) is 6.61 Å². The topological polar surface area (TPSA) is 71.6 Å². The molecular weight excluding hydrogens is 129 g/mol. The number of hydrogen-bond donors (Lipinski definition) is 2. The SMILES string of the molecule is O=C(O)C(CO)[N-]P. The van der Waals surface area contributed by atoms with Crippen molar-refractivity contribution in [3.8, 4) is 0 Å². The average molecular weight is 136 g/mol. The van der Waals surface area contributed by atoms with Crippen LogP contribution in [0.1, 0.15) is 0 Å². The Hall–Kier alpha value is -0.180. The van der Waals surface area contributed by atoms with Crippen molar-refractivity contribution in [2.24, 2.45) is 0 Å². The number of carboxylic acid groups (broad SMARTS) is 1.